The van der Waals surface area contributed by atoms with Gasteiger partial charge in [-0.1, -0.05) is 12.1 Å². The van der Waals surface area contributed by atoms with Crippen LogP contribution in [-0.4, -0.2) is 64.0 Å². The standard InChI is InChI=1S/C20H33N3O3.HI/c1-4-21-20(22-16-17-6-8-18(25-3)9-7-17)23-12-10-19(11-13-23)26-15-5-14-24-2;/h6-9,19H,4-5,10-16H2,1-3H3,(H,21,22);1H. The van der Waals surface area contributed by atoms with Gasteiger partial charge in [0.05, 0.1) is 19.8 Å². The third-order valence-corrected chi connectivity index (χ3v) is 4.49. The average Bonchev–Trinajstić information content (AvgIpc) is 2.69. The molecule has 154 valence electrons. The molecule has 0 unspecified atom stereocenters. The van der Waals surface area contributed by atoms with E-state index < -0.39 is 0 Å². The molecule has 0 radical (unpaired) electrons. The number of nitrogens with zero attached hydrogens (tertiary/aromatic N) is 2. The van der Waals surface area contributed by atoms with E-state index in [1.807, 2.05) is 12.1 Å². The number of nitrogens with one attached hydrogen (secondary N) is 1. The summed E-state index contributed by atoms with van der Waals surface area (Å²) in [6.45, 7) is 7.14. The highest BCUT2D eigenvalue weighted by Gasteiger charge is 2.21. The Morgan fingerprint density at radius 2 is 1.85 bits per heavy atom. The third kappa shape index (κ3) is 8.66. The highest BCUT2D eigenvalue weighted by molar-refractivity contribution is 14.0. The number of methoxy groups -OCH3 is 2. The summed E-state index contributed by atoms with van der Waals surface area (Å²) >= 11 is 0. The number of halogens is 1. The fraction of sp³-hybridized carbons (Fsp3) is 0.650. The Morgan fingerprint density at radius 1 is 1.15 bits per heavy atom. The molecule has 0 atom stereocenters. The maximum absolute atomic E-state index is 5.95. The second-order valence-electron chi connectivity index (χ2n) is 6.42. The minimum Gasteiger partial charge on any atom is -0.497 e. The molecular formula is C20H34IN3O3. The van der Waals surface area contributed by atoms with Crippen molar-refractivity contribution in [2.45, 2.75) is 38.8 Å². The molecule has 1 saturated heterocycles. The fourth-order valence-corrected chi connectivity index (χ4v) is 3.01. The van der Waals surface area contributed by atoms with Crippen molar-refractivity contribution in [3.05, 3.63) is 29.8 Å². The fourth-order valence-electron chi connectivity index (χ4n) is 3.01. The van der Waals surface area contributed by atoms with Crippen LogP contribution < -0.4 is 10.1 Å². The van der Waals surface area contributed by atoms with Crippen molar-refractivity contribution < 1.29 is 14.2 Å². The second kappa shape index (κ2) is 14.0. The van der Waals surface area contributed by atoms with Gasteiger partial charge in [0.25, 0.3) is 0 Å². The van der Waals surface area contributed by atoms with Crippen molar-refractivity contribution in [2.75, 3.05) is 47.1 Å². The van der Waals surface area contributed by atoms with Crippen molar-refractivity contribution in [1.29, 1.82) is 0 Å². The highest BCUT2D eigenvalue weighted by Crippen LogP contribution is 2.15. The summed E-state index contributed by atoms with van der Waals surface area (Å²) in [5, 5.41) is 3.41. The summed E-state index contributed by atoms with van der Waals surface area (Å²) in [6, 6.07) is 8.08. The number of aliphatic imine (C=N–C) groups is 1. The molecule has 0 aromatic heterocycles. The largest absolute Gasteiger partial charge is 0.497 e. The number of benzene rings is 1. The number of likely N-dealkylation sites (tertiary alicyclic amines) is 1. The van der Waals surface area contributed by atoms with Crippen LogP contribution in [0, 0.1) is 0 Å². The summed E-state index contributed by atoms with van der Waals surface area (Å²) in [4.78, 5) is 7.14. The van der Waals surface area contributed by atoms with Crippen molar-refractivity contribution in [1.82, 2.24) is 10.2 Å². The van der Waals surface area contributed by atoms with E-state index in [2.05, 4.69) is 29.3 Å². The van der Waals surface area contributed by atoms with Crippen LogP contribution in [0.1, 0.15) is 31.7 Å². The van der Waals surface area contributed by atoms with Crippen LogP contribution in [-0.2, 0) is 16.0 Å². The molecule has 1 aromatic carbocycles. The van der Waals surface area contributed by atoms with Crippen molar-refractivity contribution in [3.8, 4) is 5.75 Å². The van der Waals surface area contributed by atoms with Crippen LogP contribution in [0.5, 0.6) is 5.75 Å². The van der Waals surface area contributed by atoms with E-state index in [1.165, 1.54) is 5.56 Å². The molecule has 1 aromatic rings. The van der Waals surface area contributed by atoms with Gasteiger partial charge in [-0.3, -0.25) is 0 Å². The number of guanidine groups is 1. The Balaban J connectivity index is 0.00000364. The lowest BCUT2D eigenvalue weighted by Crippen LogP contribution is -2.47. The second-order valence-corrected chi connectivity index (χ2v) is 6.42. The summed E-state index contributed by atoms with van der Waals surface area (Å²) in [7, 11) is 3.41. The van der Waals surface area contributed by atoms with Gasteiger partial charge in [0, 0.05) is 40.0 Å². The number of ether oxygens (including phenoxy) is 3. The van der Waals surface area contributed by atoms with E-state index in [-0.39, 0.29) is 24.0 Å². The van der Waals surface area contributed by atoms with Crippen LogP contribution in [0.15, 0.2) is 29.3 Å². The van der Waals surface area contributed by atoms with Gasteiger partial charge in [0.15, 0.2) is 5.96 Å². The minimum absolute atomic E-state index is 0. The first-order valence-corrected chi connectivity index (χ1v) is 9.53. The lowest BCUT2D eigenvalue weighted by molar-refractivity contribution is 0.00990. The summed E-state index contributed by atoms with van der Waals surface area (Å²) in [5.41, 5.74) is 1.18. The molecule has 0 spiro atoms. The molecule has 0 bridgehead atoms. The first-order valence-electron chi connectivity index (χ1n) is 9.53. The molecule has 0 saturated carbocycles. The molecule has 1 heterocycles. The summed E-state index contributed by atoms with van der Waals surface area (Å²) in [6.07, 6.45) is 3.40. The third-order valence-electron chi connectivity index (χ3n) is 4.49. The average molecular weight is 491 g/mol. The molecule has 27 heavy (non-hydrogen) atoms. The predicted molar refractivity (Wildman–Crippen MR) is 120 cm³/mol. The van der Waals surface area contributed by atoms with Gasteiger partial charge in [-0.2, -0.15) is 0 Å². The zero-order valence-electron chi connectivity index (χ0n) is 16.8. The predicted octanol–water partition coefficient (Wildman–Crippen LogP) is 3.30. The number of piperidine rings is 1. The Kier molecular flexibility index (Phi) is 12.4. The lowest BCUT2D eigenvalue weighted by Gasteiger charge is -2.34. The molecule has 7 heteroatoms. The highest BCUT2D eigenvalue weighted by atomic mass is 127. The Morgan fingerprint density at radius 3 is 2.44 bits per heavy atom. The maximum atomic E-state index is 5.95. The van der Waals surface area contributed by atoms with Gasteiger partial charge >= 0.3 is 0 Å². The number of hydrogen-bond donors (Lipinski definition) is 1. The normalized spacial score (nSPS) is 15.4. The van der Waals surface area contributed by atoms with Crippen LogP contribution >= 0.6 is 24.0 Å². The van der Waals surface area contributed by atoms with E-state index in [4.69, 9.17) is 19.2 Å². The van der Waals surface area contributed by atoms with E-state index in [1.54, 1.807) is 14.2 Å². The first-order chi connectivity index (χ1) is 12.8. The number of hydrogen-bond acceptors (Lipinski definition) is 4. The van der Waals surface area contributed by atoms with Crippen LogP contribution in [0.25, 0.3) is 0 Å². The van der Waals surface area contributed by atoms with Crippen molar-refractivity contribution >= 4 is 29.9 Å². The molecule has 0 amide bonds. The van der Waals surface area contributed by atoms with Crippen LogP contribution in [0.2, 0.25) is 0 Å². The lowest BCUT2D eigenvalue weighted by atomic mass is 10.1. The van der Waals surface area contributed by atoms with Gasteiger partial charge in [-0.05, 0) is 43.9 Å². The van der Waals surface area contributed by atoms with Gasteiger partial charge in [0.1, 0.15) is 5.75 Å². The van der Waals surface area contributed by atoms with E-state index in [9.17, 15) is 0 Å². The zero-order chi connectivity index (χ0) is 18.6. The molecule has 1 fully saturated rings. The van der Waals surface area contributed by atoms with Gasteiger partial charge < -0.3 is 24.4 Å². The van der Waals surface area contributed by atoms with Gasteiger partial charge in [-0.15, -0.1) is 24.0 Å². The molecule has 6 nitrogen and oxygen atoms in total. The zero-order valence-corrected chi connectivity index (χ0v) is 19.1. The maximum Gasteiger partial charge on any atom is 0.194 e. The number of rotatable bonds is 9. The van der Waals surface area contributed by atoms with Crippen molar-refractivity contribution in [3.63, 3.8) is 0 Å². The topological polar surface area (TPSA) is 55.3 Å². The first kappa shape index (κ1) is 24.0. The molecule has 1 N–H and O–H groups in total. The summed E-state index contributed by atoms with van der Waals surface area (Å²) in [5.74, 6) is 1.86. The van der Waals surface area contributed by atoms with Gasteiger partial charge in [0.2, 0.25) is 0 Å². The molecule has 0 aliphatic carbocycles. The van der Waals surface area contributed by atoms with E-state index >= 15 is 0 Å². The van der Waals surface area contributed by atoms with Crippen LogP contribution in [0.3, 0.4) is 0 Å². The Hall–Kier alpha value is -1.06. The molecule has 1 aliphatic heterocycles. The molecule has 2 rings (SSSR count). The Labute approximate surface area is 180 Å². The van der Waals surface area contributed by atoms with E-state index in [0.29, 0.717) is 12.6 Å². The van der Waals surface area contributed by atoms with Gasteiger partial charge in [-0.25, -0.2) is 4.99 Å². The van der Waals surface area contributed by atoms with Crippen molar-refractivity contribution in [2.24, 2.45) is 4.99 Å². The minimum atomic E-state index is 0. The smallest absolute Gasteiger partial charge is 0.194 e. The van der Waals surface area contributed by atoms with Crippen LogP contribution in [0.4, 0.5) is 0 Å². The molecule has 1 aliphatic rings. The van der Waals surface area contributed by atoms with E-state index in [0.717, 1.165) is 63.8 Å². The quantitative estimate of drug-likeness (QED) is 0.249. The summed E-state index contributed by atoms with van der Waals surface area (Å²) < 4.78 is 16.2. The SMILES string of the molecule is CCNC(=NCc1ccc(OC)cc1)N1CCC(OCCCOC)CC1.I. The monoisotopic (exact) mass is 491 g/mol. The Bertz CT molecular complexity index is 532. The molecular weight excluding hydrogens is 457 g/mol.